The molecule has 1 heterocycles. The van der Waals surface area contributed by atoms with Gasteiger partial charge in [-0.05, 0) is 29.7 Å². The summed E-state index contributed by atoms with van der Waals surface area (Å²) in [7, 11) is 1.56. The summed E-state index contributed by atoms with van der Waals surface area (Å²) < 4.78 is 2.57. The van der Waals surface area contributed by atoms with E-state index < -0.39 is 0 Å². The smallest absolute Gasteiger partial charge is 0.246 e. The Hall–Kier alpha value is -1.26. The first-order chi connectivity index (χ1) is 8.06. The fourth-order valence-corrected chi connectivity index (χ4v) is 2.26. The minimum absolute atomic E-state index is 0.137. The predicted octanol–water partition coefficient (Wildman–Crippen LogP) is 2.27. The summed E-state index contributed by atoms with van der Waals surface area (Å²) in [5, 5.41) is 4.03. The molecule has 0 atom stereocenters. The van der Waals surface area contributed by atoms with E-state index in [0.29, 0.717) is 11.6 Å². The lowest BCUT2D eigenvalue weighted by Crippen LogP contribution is -2.22. The molecule has 0 fully saturated rings. The summed E-state index contributed by atoms with van der Waals surface area (Å²) in [5.74, 6) is 0.314. The minimum atomic E-state index is -0.282. The fourth-order valence-electron chi connectivity index (χ4n) is 1.77. The molecule has 0 aliphatic rings. The summed E-state index contributed by atoms with van der Waals surface area (Å²) in [5.41, 5.74) is 2.21. The van der Waals surface area contributed by atoms with E-state index in [2.05, 4.69) is 5.10 Å². The SMILES string of the molecule is Cc1cccc(CCl)c1-n1c(Cl)nn(C)c1=O. The molecular weight excluding hydrogens is 261 g/mol. The van der Waals surface area contributed by atoms with Crippen molar-refractivity contribution in [2.75, 3.05) is 0 Å². The van der Waals surface area contributed by atoms with Gasteiger partial charge in [0.15, 0.2) is 0 Å². The Morgan fingerprint density at radius 2 is 2.12 bits per heavy atom. The van der Waals surface area contributed by atoms with Gasteiger partial charge in [-0.2, -0.15) is 0 Å². The van der Waals surface area contributed by atoms with E-state index >= 15 is 0 Å². The molecule has 0 spiro atoms. The Balaban J connectivity index is 2.81. The van der Waals surface area contributed by atoms with Crippen molar-refractivity contribution < 1.29 is 0 Å². The van der Waals surface area contributed by atoms with Gasteiger partial charge in [0.05, 0.1) is 5.69 Å². The second-order valence-corrected chi connectivity index (χ2v) is 4.33. The Kier molecular flexibility index (Phi) is 3.26. The molecule has 6 heteroatoms. The Morgan fingerprint density at radius 1 is 1.41 bits per heavy atom. The number of halogens is 2. The number of aromatic nitrogens is 3. The van der Waals surface area contributed by atoms with Gasteiger partial charge in [0.1, 0.15) is 0 Å². The maximum absolute atomic E-state index is 11.9. The molecule has 2 rings (SSSR count). The van der Waals surface area contributed by atoms with Crippen molar-refractivity contribution in [2.24, 2.45) is 7.05 Å². The van der Waals surface area contributed by atoms with Crippen LogP contribution in [0.25, 0.3) is 5.69 Å². The predicted molar refractivity (Wildman–Crippen MR) is 68.1 cm³/mol. The van der Waals surface area contributed by atoms with Crippen molar-refractivity contribution >= 4 is 23.2 Å². The van der Waals surface area contributed by atoms with Crippen LogP contribution in [0.4, 0.5) is 0 Å². The highest BCUT2D eigenvalue weighted by Gasteiger charge is 2.15. The van der Waals surface area contributed by atoms with Gasteiger partial charge in [-0.25, -0.2) is 14.0 Å². The number of alkyl halides is 1. The van der Waals surface area contributed by atoms with Crippen molar-refractivity contribution in [3.63, 3.8) is 0 Å². The second kappa shape index (κ2) is 4.55. The average Bonchev–Trinajstić information content (AvgIpc) is 2.54. The summed E-state index contributed by atoms with van der Waals surface area (Å²) in [6.45, 7) is 1.90. The first kappa shape index (κ1) is 12.2. The second-order valence-electron chi connectivity index (χ2n) is 3.73. The van der Waals surface area contributed by atoms with Gasteiger partial charge < -0.3 is 0 Å². The molecule has 1 aromatic heterocycles. The monoisotopic (exact) mass is 271 g/mol. The van der Waals surface area contributed by atoms with Crippen LogP contribution in [0.2, 0.25) is 5.28 Å². The number of aryl methyl sites for hydroxylation is 2. The molecule has 0 aliphatic heterocycles. The molecule has 0 unspecified atom stereocenters. The number of hydrogen-bond acceptors (Lipinski definition) is 2. The first-order valence-electron chi connectivity index (χ1n) is 5.02. The molecule has 90 valence electrons. The van der Waals surface area contributed by atoms with Crippen LogP contribution in [0.3, 0.4) is 0 Å². The van der Waals surface area contributed by atoms with E-state index in [1.165, 1.54) is 9.25 Å². The van der Waals surface area contributed by atoms with Crippen LogP contribution in [-0.2, 0) is 12.9 Å². The van der Waals surface area contributed by atoms with Crippen LogP contribution in [0, 0.1) is 6.92 Å². The van der Waals surface area contributed by atoms with Gasteiger partial charge in [0, 0.05) is 12.9 Å². The largest absolute Gasteiger partial charge is 0.351 e. The van der Waals surface area contributed by atoms with Crippen molar-refractivity contribution in [2.45, 2.75) is 12.8 Å². The summed E-state index contributed by atoms with van der Waals surface area (Å²) >= 11 is 11.9. The number of benzene rings is 1. The van der Waals surface area contributed by atoms with E-state index in [0.717, 1.165) is 11.1 Å². The topological polar surface area (TPSA) is 39.8 Å². The molecule has 0 N–H and O–H groups in total. The van der Waals surface area contributed by atoms with E-state index in [-0.39, 0.29) is 11.0 Å². The highest BCUT2D eigenvalue weighted by atomic mass is 35.5. The van der Waals surface area contributed by atoms with Crippen LogP contribution >= 0.6 is 23.2 Å². The van der Waals surface area contributed by atoms with E-state index in [9.17, 15) is 4.79 Å². The normalized spacial score (nSPS) is 10.8. The Labute approximate surface area is 108 Å². The molecule has 0 aliphatic carbocycles. The molecular formula is C11H11Cl2N3O. The maximum atomic E-state index is 11.9. The third kappa shape index (κ3) is 1.98. The van der Waals surface area contributed by atoms with Crippen LogP contribution in [-0.4, -0.2) is 14.3 Å². The first-order valence-corrected chi connectivity index (χ1v) is 5.94. The van der Waals surface area contributed by atoms with Crippen molar-refractivity contribution in [1.29, 1.82) is 0 Å². The zero-order valence-corrected chi connectivity index (χ0v) is 11.0. The number of hydrogen-bond donors (Lipinski definition) is 0. The lowest BCUT2D eigenvalue weighted by atomic mass is 10.1. The zero-order valence-electron chi connectivity index (χ0n) is 9.44. The van der Waals surface area contributed by atoms with Gasteiger partial charge >= 0.3 is 5.69 Å². The maximum Gasteiger partial charge on any atom is 0.351 e. The molecule has 0 saturated heterocycles. The minimum Gasteiger partial charge on any atom is -0.246 e. The van der Waals surface area contributed by atoms with E-state index in [4.69, 9.17) is 23.2 Å². The van der Waals surface area contributed by atoms with Crippen molar-refractivity contribution in [3.05, 3.63) is 45.1 Å². The number of rotatable bonds is 2. The molecule has 0 saturated carbocycles. The molecule has 4 nitrogen and oxygen atoms in total. The third-order valence-corrected chi connectivity index (χ3v) is 3.11. The van der Waals surface area contributed by atoms with Gasteiger partial charge in [-0.15, -0.1) is 16.7 Å². The van der Waals surface area contributed by atoms with Gasteiger partial charge in [0.25, 0.3) is 0 Å². The van der Waals surface area contributed by atoms with E-state index in [1.54, 1.807) is 7.05 Å². The Bertz CT molecular complexity index is 616. The van der Waals surface area contributed by atoms with Crippen LogP contribution in [0.15, 0.2) is 23.0 Å². The summed E-state index contributed by atoms with van der Waals surface area (Å²) in [6.07, 6.45) is 0. The van der Waals surface area contributed by atoms with Crippen LogP contribution < -0.4 is 5.69 Å². The van der Waals surface area contributed by atoms with Crippen LogP contribution in [0.5, 0.6) is 0 Å². The molecule has 17 heavy (non-hydrogen) atoms. The third-order valence-electron chi connectivity index (χ3n) is 2.57. The quantitative estimate of drug-likeness (QED) is 0.787. The lowest BCUT2D eigenvalue weighted by molar-refractivity contribution is 0.725. The zero-order chi connectivity index (χ0) is 12.6. The van der Waals surface area contributed by atoms with Gasteiger partial charge in [-0.3, -0.25) is 0 Å². The standard InChI is InChI=1S/C11H11Cl2N3O/c1-7-4-3-5-8(6-12)9(7)16-10(13)14-15(2)11(16)17/h3-5H,6H2,1-2H3. The average molecular weight is 272 g/mol. The van der Waals surface area contributed by atoms with Gasteiger partial charge in [0.2, 0.25) is 5.28 Å². The van der Waals surface area contributed by atoms with Gasteiger partial charge in [-0.1, -0.05) is 18.2 Å². The number of para-hydroxylation sites is 1. The highest BCUT2D eigenvalue weighted by Crippen LogP contribution is 2.22. The molecule has 0 bridgehead atoms. The summed E-state index contributed by atoms with van der Waals surface area (Å²) in [6, 6.07) is 5.66. The van der Waals surface area contributed by atoms with Crippen LogP contribution in [0.1, 0.15) is 11.1 Å². The molecule has 1 aromatic carbocycles. The Morgan fingerprint density at radius 3 is 2.65 bits per heavy atom. The van der Waals surface area contributed by atoms with Crippen molar-refractivity contribution in [3.8, 4) is 5.69 Å². The molecule has 0 radical (unpaired) electrons. The van der Waals surface area contributed by atoms with Crippen molar-refractivity contribution in [1.82, 2.24) is 14.3 Å². The lowest BCUT2D eigenvalue weighted by Gasteiger charge is -2.10. The summed E-state index contributed by atoms with van der Waals surface area (Å²) in [4.78, 5) is 11.9. The molecule has 2 aromatic rings. The fraction of sp³-hybridized carbons (Fsp3) is 0.273. The number of nitrogens with zero attached hydrogens (tertiary/aromatic N) is 3. The highest BCUT2D eigenvalue weighted by molar-refractivity contribution is 6.28. The van der Waals surface area contributed by atoms with E-state index in [1.807, 2.05) is 25.1 Å². The molecule has 0 amide bonds.